The molecular weight excluding hydrogens is 196 g/mol. The van der Waals surface area contributed by atoms with Crippen LogP contribution >= 0.6 is 15.9 Å². The zero-order chi connectivity index (χ0) is 7.56. The van der Waals surface area contributed by atoms with E-state index in [2.05, 4.69) is 15.9 Å². The van der Waals surface area contributed by atoms with Gasteiger partial charge in [-0.3, -0.25) is 4.79 Å². The third kappa shape index (κ3) is 1.57. The summed E-state index contributed by atoms with van der Waals surface area (Å²) in [5, 5.41) is 8.87. The highest BCUT2D eigenvalue weighted by atomic mass is 79.9. The van der Waals surface area contributed by atoms with Crippen LogP contribution in [-0.2, 0) is 0 Å². The smallest absolute Gasteiger partial charge is 0.221 e. The van der Waals surface area contributed by atoms with E-state index in [1.165, 1.54) is 12.1 Å². The summed E-state index contributed by atoms with van der Waals surface area (Å²) in [5.74, 6) is -0.231. The van der Waals surface area contributed by atoms with Gasteiger partial charge in [-0.1, -0.05) is 22.0 Å². The first-order valence-electron chi connectivity index (χ1n) is 2.69. The molecule has 0 aliphatic carbocycles. The summed E-state index contributed by atoms with van der Waals surface area (Å²) in [6, 6.07) is 5.95. The molecular formula is C7H5BrO2. The molecule has 0 amide bonds. The number of hydrogen-bond acceptors (Lipinski definition) is 2. The summed E-state index contributed by atoms with van der Waals surface area (Å²) >= 11 is 3.12. The van der Waals surface area contributed by atoms with Gasteiger partial charge in [-0.05, 0) is 12.1 Å². The normalized spacial score (nSPS) is 9.30. The zero-order valence-corrected chi connectivity index (χ0v) is 6.63. The molecule has 0 saturated heterocycles. The molecule has 0 fully saturated rings. The predicted octanol–water partition coefficient (Wildman–Crippen LogP) is 1.51. The standard InChI is InChI=1S/C7H5BrO2/c8-5-2-1-3-6(9)7(10)4-5/h1-4H,(H,9,10). The fourth-order valence-electron chi connectivity index (χ4n) is 0.561. The molecule has 0 unspecified atom stereocenters. The SMILES string of the molecule is O=c1cc(Br)cccc1O. The molecule has 0 aliphatic rings. The Labute approximate surface area is 66.3 Å². The fourth-order valence-corrected chi connectivity index (χ4v) is 0.921. The topological polar surface area (TPSA) is 37.3 Å². The Morgan fingerprint density at radius 3 is 2.80 bits per heavy atom. The summed E-state index contributed by atoms with van der Waals surface area (Å²) < 4.78 is 0.665. The van der Waals surface area contributed by atoms with Crippen LogP contribution in [0, 0.1) is 0 Å². The lowest BCUT2D eigenvalue weighted by atomic mass is 10.5. The van der Waals surface area contributed by atoms with Gasteiger partial charge in [0.15, 0.2) is 5.75 Å². The molecule has 1 aromatic carbocycles. The van der Waals surface area contributed by atoms with E-state index >= 15 is 0 Å². The lowest BCUT2D eigenvalue weighted by molar-refractivity contribution is 0.471. The maximum absolute atomic E-state index is 10.8. The Morgan fingerprint density at radius 2 is 2.10 bits per heavy atom. The van der Waals surface area contributed by atoms with Gasteiger partial charge in [0, 0.05) is 10.5 Å². The van der Waals surface area contributed by atoms with Crippen LogP contribution in [0.2, 0.25) is 0 Å². The Morgan fingerprint density at radius 1 is 1.40 bits per heavy atom. The molecule has 1 N–H and O–H groups in total. The van der Waals surface area contributed by atoms with Gasteiger partial charge >= 0.3 is 0 Å². The van der Waals surface area contributed by atoms with Crippen molar-refractivity contribution >= 4 is 15.9 Å². The molecule has 2 nitrogen and oxygen atoms in total. The van der Waals surface area contributed by atoms with Crippen molar-refractivity contribution in [1.82, 2.24) is 0 Å². The van der Waals surface area contributed by atoms with Crippen molar-refractivity contribution in [3.05, 3.63) is 39.0 Å². The number of hydrogen-bond donors (Lipinski definition) is 1. The predicted molar refractivity (Wildman–Crippen MR) is 42.1 cm³/mol. The van der Waals surface area contributed by atoms with E-state index in [9.17, 15) is 4.79 Å². The third-order valence-corrected chi connectivity index (χ3v) is 1.52. The van der Waals surface area contributed by atoms with Gasteiger partial charge in [0.2, 0.25) is 5.43 Å². The van der Waals surface area contributed by atoms with Crippen molar-refractivity contribution in [2.24, 2.45) is 0 Å². The highest BCUT2D eigenvalue weighted by Gasteiger charge is 1.91. The average Bonchev–Trinajstić information content (AvgIpc) is 1.96. The minimum absolute atomic E-state index is 0.231. The van der Waals surface area contributed by atoms with E-state index in [1.807, 2.05) is 0 Å². The van der Waals surface area contributed by atoms with Crippen molar-refractivity contribution < 1.29 is 5.11 Å². The van der Waals surface area contributed by atoms with E-state index in [-0.39, 0.29) is 11.2 Å². The molecule has 52 valence electrons. The summed E-state index contributed by atoms with van der Waals surface area (Å²) in [6.45, 7) is 0. The van der Waals surface area contributed by atoms with Crippen molar-refractivity contribution in [2.75, 3.05) is 0 Å². The summed E-state index contributed by atoms with van der Waals surface area (Å²) in [4.78, 5) is 10.8. The van der Waals surface area contributed by atoms with Crippen LogP contribution in [0.25, 0.3) is 0 Å². The van der Waals surface area contributed by atoms with E-state index in [0.29, 0.717) is 4.47 Å². The first-order valence-corrected chi connectivity index (χ1v) is 3.48. The van der Waals surface area contributed by atoms with E-state index in [1.54, 1.807) is 12.1 Å². The van der Waals surface area contributed by atoms with Crippen molar-refractivity contribution in [1.29, 1.82) is 0 Å². The maximum atomic E-state index is 10.8. The van der Waals surface area contributed by atoms with E-state index in [0.717, 1.165) is 0 Å². The number of rotatable bonds is 0. The average molecular weight is 201 g/mol. The fraction of sp³-hybridized carbons (Fsp3) is 0. The van der Waals surface area contributed by atoms with Gasteiger partial charge in [0.05, 0.1) is 0 Å². The molecule has 0 bridgehead atoms. The molecule has 0 spiro atoms. The maximum Gasteiger partial charge on any atom is 0.221 e. The van der Waals surface area contributed by atoms with Gasteiger partial charge in [0.1, 0.15) is 0 Å². The second-order valence-corrected chi connectivity index (χ2v) is 2.72. The Kier molecular flexibility index (Phi) is 2.06. The van der Waals surface area contributed by atoms with Crippen molar-refractivity contribution in [2.45, 2.75) is 0 Å². The Balaban J connectivity index is 3.46. The van der Waals surface area contributed by atoms with Gasteiger partial charge in [-0.25, -0.2) is 0 Å². The molecule has 0 saturated carbocycles. The Bertz CT molecular complexity index is 296. The van der Waals surface area contributed by atoms with Crippen molar-refractivity contribution in [3.8, 4) is 5.75 Å². The van der Waals surface area contributed by atoms with Crippen LogP contribution in [0.1, 0.15) is 0 Å². The summed E-state index contributed by atoms with van der Waals surface area (Å²) in [6.07, 6.45) is 0. The van der Waals surface area contributed by atoms with E-state index < -0.39 is 0 Å². The van der Waals surface area contributed by atoms with Gasteiger partial charge in [-0.2, -0.15) is 0 Å². The van der Waals surface area contributed by atoms with Crippen LogP contribution in [-0.4, -0.2) is 5.11 Å². The highest BCUT2D eigenvalue weighted by molar-refractivity contribution is 9.10. The van der Waals surface area contributed by atoms with Crippen LogP contribution in [0.5, 0.6) is 5.75 Å². The van der Waals surface area contributed by atoms with Crippen molar-refractivity contribution in [3.63, 3.8) is 0 Å². The molecule has 0 radical (unpaired) electrons. The van der Waals surface area contributed by atoms with Crippen LogP contribution in [0.15, 0.2) is 33.5 Å². The van der Waals surface area contributed by atoms with Gasteiger partial charge in [-0.15, -0.1) is 0 Å². The van der Waals surface area contributed by atoms with Crippen LogP contribution < -0.4 is 5.43 Å². The molecule has 1 rings (SSSR count). The molecule has 10 heavy (non-hydrogen) atoms. The lowest BCUT2D eigenvalue weighted by Crippen LogP contribution is -1.91. The molecule has 0 aliphatic heterocycles. The minimum Gasteiger partial charge on any atom is -0.504 e. The zero-order valence-electron chi connectivity index (χ0n) is 5.04. The number of halogens is 1. The van der Waals surface area contributed by atoms with Crippen LogP contribution in [0.4, 0.5) is 0 Å². The summed E-state index contributed by atoms with van der Waals surface area (Å²) in [5.41, 5.74) is -0.378. The Hall–Kier alpha value is -0.830. The summed E-state index contributed by atoms with van der Waals surface area (Å²) in [7, 11) is 0. The molecule has 0 atom stereocenters. The van der Waals surface area contributed by atoms with Crippen LogP contribution in [0.3, 0.4) is 0 Å². The monoisotopic (exact) mass is 200 g/mol. The van der Waals surface area contributed by atoms with Gasteiger partial charge in [0.25, 0.3) is 0 Å². The quantitative estimate of drug-likeness (QED) is 0.690. The van der Waals surface area contributed by atoms with E-state index in [4.69, 9.17) is 5.11 Å². The second-order valence-electron chi connectivity index (χ2n) is 1.80. The van der Waals surface area contributed by atoms with Gasteiger partial charge < -0.3 is 5.11 Å². The molecule has 0 heterocycles. The largest absolute Gasteiger partial charge is 0.504 e. The molecule has 0 aromatic heterocycles. The second kappa shape index (κ2) is 2.84. The lowest BCUT2D eigenvalue weighted by Gasteiger charge is -1.76. The number of aromatic hydroxyl groups is 1. The first kappa shape index (κ1) is 7.28. The third-order valence-electron chi connectivity index (χ3n) is 1.03. The minimum atomic E-state index is -0.378. The highest BCUT2D eigenvalue weighted by Crippen LogP contribution is 2.06. The first-order chi connectivity index (χ1) is 4.70. The molecule has 1 aromatic rings. The molecule has 3 heteroatoms.